The SMILES string of the molecule is C[N+](C)(C)c1cc(Cl)c(Cl)cc1Oc1cc(Cl)c(Cl)cc1Cl. The lowest BCUT2D eigenvalue weighted by molar-refractivity contribution is 0.433. The first-order valence-corrected chi connectivity index (χ1v) is 8.12. The summed E-state index contributed by atoms with van der Waals surface area (Å²) in [4.78, 5) is 0. The maximum atomic E-state index is 6.16. The Morgan fingerprint density at radius 2 is 1.09 bits per heavy atom. The van der Waals surface area contributed by atoms with Crippen LogP contribution in [0.3, 0.4) is 0 Å². The van der Waals surface area contributed by atoms with Gasteiger partial charge in [-0.25, -0.2) is 0 Å². The smallest absolute Gasteiger partial charge is 0.189 e. The highest BCUT2D eigenvalue weighted by molar-refractivity contribution is 6.43. The minimum Gasteiger partial charge on any atom is -0.449 e. The molecular weight excluding hydrogens is 387 g/mol. The second-order valence-corrected chi connectivity index (χ2v) is 7.58. The van der Waals surface area contributed by atoms with Gasteiger partial charge in [0.25, 0.3) is 0 Å². The molecule has 0 amide bonds. The Hall–Kier alpha value is -0.350. The third-order valence-corrected chi connectivity index (χ3v) is 4.66. The Kier molecular flexibility index (Phi) is 5.43. The van der Waals surface area contributed by atoms with E-state index in [0.29, 0.717) is 41.1 Å². The molecule has 0 saturated carbocycles. The highest BCUT2D eigenvalue weighted by atomic mass is 35.5. The van der Waals surface area contributed by atoms with Crippen LogP contribution >= 0.6 is 58.0 Å². The average molecular weight is 401 g/mol. The second kappa shape index (κ2) is 6.64. The maximum absolute atomic E-state index is 6.16. The Labute approximate surface area is 154 Å². The Morgan fingerprint density at radius 3 is 1.64 bits per heavy atom. The van der Waals surface area contributed by atoms with E-state index >= 15 is 0 Å². The van der Waals surface area contributed by atoms with Gasteiger partial charge in [-0.3, -0.25) is 4.48 Å². The molecule has 22 heavy (non-hydrogen) atoms. The minimum absolute atomic E-state index is 0.354. The van der Waals surface area contributed by atoms with Gasteiger partial charge < -0.3 is 4.74 Å². The van der Waals surface area contributed by atoms with Crippen molar-refractivity contribution in [1.82, 2.24) is 4.48 Å². The van der Waals surface area contributed by atoms with Crippen molar-refractivity contribution in [2.75, 3.05) is 21.1 Å². The lowest BCUT2D eigenvalue weighted by Gasteiger charge is -2.26. The van der Waals surface area contributed by atoms with E-state index in [0.717, 1.165) is 5.69 Å². The minimum atomic E-state index is 0.354. The van der Waals surface area contributed by atoms with Crippen molar-refractivity contribution < 1.29 is 4.74 Å². The fourth-order valence-corrected chi connectivity index (χ4v) is 2.71. The van der Waals surface area contributed by atoms with E-state index < -0.39 is 0 Å². The Balaban J connectivity index is 2.54. The number of nitrogens with zero attached hydrogens (tertiary/aromatic N) is 1. The zero-order valence-electron chi connectivity index (χ0n) is 12.1. The molecule has 0 bridgehead atoms. The molecule has 0 N–H and O–H groups in total. The molecule has 2 aromatic carbocycles. The standard InChI is InChI=1S/C15H13Cl5NO/c1-21(2,3)13-5-9(17)11(19)7-15(13)22-14-6-10(18)8(16)4-12(14)20/h4-7H,1-3H3/q+1. The Bertz CT molecular complexity index is 725. The fourth-order valence-electron chi connectivity index (χ4n) is 1.83. The quantitative estimate of drug-likeness (QED) is 0.400. The first-order chi connectivity index (χ1) is 10.1. The summed E-state index contributed by atoms with van der Waals surface area (Å²) in [6, 6.07) is 6.52. The van der Waals surface area contributed by atoms with Gasteiger partial charge in [-0.2, -0.15) is 0 Å². The third-order valence-electron chi connectivity index (χ3n) is 2.92. The molecule has 0 spiro atoms. The molecule has 0 unspecified atom stereocenters. The molecule has 0 atom stereocenters. The molecule has 0 radical (unpaired) electrons. The normalized spacial score (nSPS) is 11.6. The van der Waals surface area contributed by atoms with Gasteiger partial charge in [0.05, 0.1) is 46.3 Å². The zero-order valence-corrected chi connectivity index (χ0v) is 15.8. The van der Waals surface area contributed by atoms with Crippen molar-refractivity contribution in [2.45, 2.75) is 0 Å². The first-order valence-electron chi connectivity index (χ1n) is 6.23. The molecule has 0 saturated heterocycles. The van der Waals surface area contributed by atoms with Gasteiger partial charge >= 0.3 is 0 Å². The lowest BCUT2D eigenvalue weighted by Crippen LogP contribution is -2.35. The summed E-state index contributed by atoms with van der Waals surface area (Å²) in [6.45, 7) is 0. The highest BCUT2D eigenvalue weighted by Crippen LogP contribution is 2.43. The molecule has 2 rings (SSSR count). The molecule has 0 aliphatic carbocycles. The van der Waals surface area contributed by atoms with Gasteiger partial charge in [0.1, 0.15) is 5.75 Å². The number of benzene rings is 2. The number of rotatable bonds is 3. The van der Waals surface area contributed by atoms with E-state index in [9.17, 15) is 0 Å². The second-order valence-electron chi connectivity index (χ2n) is 5.55. The van der Waals surface area contributed by atoms with Crippen LogP contribution in [0.5, 0.6) is 11.5 Å². The van der Waals surface area contributed by atoms with E-state index in [1.54, 1.807) is 18.2 Å². The monoisotopic (exact) mass is 398 g/mol. The van der Waals surface area contributed by atoms with Crippen molar-refractivity contribution in [1.29, 1.82) is 0 Å². The first kappa shape index (κ1) is 18.0. The van der Waals surface area contributed by atoms with Crippen molar-refractivity contribution in [3.63, 3.8) is 0 Å². The van der Waals surface area contributed by atoms with E-state index in [-0.39, 0.29) is 0 Å². The maximum Gasteiger partial charge on any atom is 0.189 e. The predicted molar refractivity (Wildman–Crippen MR) is 97.6 cm³/mol. The number of hydrogen-bond donors (Lipinski definition) is 0. The molecule has 2 nitrogen and oxygen atoms in total. The third kappa shape index (κ3) is 3.94. The van der Waals surface area contributed by atoms with Crippen LogP contribution in [0.15, 0.2) is 24.3 Å². The van der Waals surface area contributed by atoms with Gasteiger partial charge in [-0.05, 0) is 6.07 Å². The molecule has 0 aromatic heterocycles. The van der Waals surface area contributed by atoms with E-state index in [1.165, 1.54) is 6.07 Å². The summed E-state index contributed by atoms with van der Waals surface area (Å²) in [7, 11) is 5.97. The summed E-state index contributed by atoms with van der Waals surface area (Å²) >= 11 is 30.3. The van der Waals surface area contributed by atoms with Crippen LogP contribution in [0.1, 0.15) is 0 Å². The van der Waals surface area contributed by atoms with Crippen LogP contribution in [-0.2, 0) is 0 Å². The molecule has 0 aliphatic rings. The molecule has 0 aliphatic heterocycles. The molecular formula is C15H13Cl5NO+. The van der Waals surface area contributed by atoms with Gasteiger partial charge in [-0.15, -0.1) is 0 Å². The topological polar surface area (TPSA) is 9.23 Å². The van der Waals surface area contributed by atoms with Crippen LogP contribution in [0.25, 0.3) is 0 Å². The summed E-state index contributed by atoms with van der Waals surface area (Å²) in [5.41, 5.74) is 0.844. The summed E-state index contributed by atoms with van der Waals surface area (Å²) in [5, 5.41) is 1.92. The van der Waals surface area contributed by atoms with E-state index in [4.69, 9.17) is 62.7 Å². The molecule has 118 valence electrons. The van der Waals surface area contributed by atoms with Gasteiger partial charge in [-0.1, -0.05) is 58.0 Å². The van der Waals surface area contributed by atoms with Crippen molar-refractivity contribution in [3.05, 3.63) is 49.4 Å². The van der Waals surface area contributed by atoms with Crippen LogP contribution in [0.2, 0.25) is 25.1 Å². The molecule has 0 heterocycles. The number of halogens is 5. The number of quaternary nitrogens is 1. The summed E-state index contributed by atoms with van der Waals surface area (Å²) in [6.07, 6.45) is 0. The van der Waals surface area contributed by atoms with Gasteiger partial charge in [0.15, 0.2) is 11.4 Å². The van der Waals surface area contributed by atoms with Crippen LogP contribution in [0.4, 0.5) is 5.69 Å². The lowest BCUT2D eigenvalue weighted by atomic mass is 10.2. The highest BCUT2D eigenvalue weighted by Gasteiger charge is 2.23. The van der Waals surface area contributed by atoms with Crippen LogP contribution in [0, 0.1) is 0 Å². The Morgan fingerprint density at radius 1 is 0.636 bits per heavy atom. The number of ether oxygens (including phenoxy) is 1. The van der Waals surface area contributed by atoms with E-state index in [2.05, 4.69) is 0 Å². The van der Waals surface area contributed by atoms with Gasteiger partial charge in [0, 0.05) is 18.2 Å². The van der Waals surface area contributed by atoms with Crippen molar-refractivity contribution >= 4 is 63.7 Å². The van der Waals surface area contributed by atoms with Crippen molar-refractivity contribution in [2.24, 2.45) is 0 Å². The van der Waals surface area contributed by atoms with Crippen LogP contribution < -0.4 is 9.22 Å². The number of hydrogen-bond acceptors (Lipinski definition) is 1. The molecule has 0 fully saturated rings. The average Bonchev–Trinajstić information content (AvgIpc) is 2.38. The van der Waals surface area contributed by atoms with Gasteiger partial charge in [0.2, 0.25) is 0 Å². The molecule has 7 heteroatoms. The summed E-state index contributed by atoms with van der Waals surface area (Å²) < 4.78 is 6.40. The van der Waals surface area contributed by atoms with Crippen molar-refractivity contribution in [3.8, 4) is 11.5 Å². The predicted octanol–water partition coefficient (Wildman–Crippen LogP) is 6.94. The summed E-state index contributed by atoms with van der Waals surface area (Å²) in [5.74, 6) is 0.936. The largest absolute Gasteiger partial charge is 0.449 e. The molecule has 2 aromatic rings. The van der Waals surface area contributed by atoms with Crippen LogP contribution in [-0.4, -0.2) is 21.1 Å². The fraction of sp³-hybridized carbons (Fsp3) is 0.200. The zero-order chi connectivity index (χ0) is 16.7. The van der Waals surface area contributed by atoms with E-state index in [1.807, 2.05) is 21.1 Å².